The van der Waals surface area contributed by atoms with E-state index in [2.05, 4.69) is 5.32 Å². The van der Waals surface area contributed by atoms with Crippen molar-refractivity contribution in [3.05, 3.63) is 28.8 Å². The third kappa shape index (κ3) is 3.12. The highest BCUT2D eigenvalue weighted by Crippen LogP contribution is 2.22. The number of carbonyl (C=O) groups excluding carboxylic acids is 1. The second-order valence-corrected chi connectivity index (χ2v) is 3.84. The Morgan fingerprint density at radius 2 is 2.31 bits per heavy atom. The van der Waals surface area contributed by atoms with Crippen LogP contribution in [0.5, 0.6) is 5.75 Å². The Balaban J connectivity index is 2.90. The maximum atomic E-state index is 11.8. The third-order valence-electron chi connectivity index (χ3n) is 2.06. The molecule has 1 amide bonds. The molecule has 5 heteroatoms. The fourth-order valence-corrected chi connectivity index (χ4v) is 1.36. The van der Waals surface area contributed by atoms with Crippen molar-refractivity contribution in [2.75, 3.05) is 13.7 Å². The van der Waals surface area contributed by atoms with Gasteiger partial charge in [-0.2, -0.15) is 0 Å². The second-order valence-electron chi connectivity index (χ2n) is 3.40. The molecule has 0 aromatic heterocycles. The molecule has 2 N–H and O–H groups in total. The third-order valence-corrected chi connectivity index (χ3v) is 2.29. The highest BCUT2D eigenvalue weighted by molar-refractivity contribution is 6.30. The number of hydrogen-bond acceptors (Lipinski definition) is 3. The van der Waals surface area contributed by atoms with Gasteiger partial charge in [-0.25, -0.2) is 0 Å². The number of methoxy groups -OCH3 is 1. The molecule has 0 radical (unpaired) electrons. The predicted octanol–water partition coefficient (Wildman–Crippen LogP) is 1.46. The lowest BCUT2D eigenvalue weighted by molar-refractivity contribution is 0.0919. The molecule has 0 fully saturated rings. The number of aliphatic hydroxyl groups is 1. The van der Waals surface area contributed by atoms with E-state index in [1.165, 1.54) is 7.11 Å². The van der Waals surface area contributed by atoms with Gasteiger partial charge in [0.1, 0.15) is 5.75 Å². The van der Waals surface area contributed by atoms with E-state index in [4.69, 9.17) is 21.4 Å². The molecule has 0 spiro atoms. The van der Waals surface area contributed by atoms with Gasteiger partial charge in [0, 0.05) is 11.1 Å². The van der Waals surface area contributed by atoms with E-state index in [1.807, 2.05) is 0 Å². The van der Waals surface area contributed by atoms with Crippen molar-refractivity contribution in [1.82, 2.24) is 5.32 Å². The van der Waals surface area contributed by atoms with Gasteiger partial charge in [-0.05, 0) is 25.1 Å². The van der Waals surface area contributed by atoms with E-state index < -0.39 is 0 Å². The number of benzene rings is 1. The van der Waals surface area contributed by atoms with Crippen molar-refractivity contribution in [2.45, 2.75) is 13.0 Å². The number of nitrogens with one attached hydrogen (secondary N) is 1. The number of rotatable bonds is 4. The largest absolute Gasteiger partial charge is 0.496 e. The molecule has 0 saturated carbocycles. The van der Waals surface area contributed by atoms with Crippen LogP contribution in [0.1, 0.15) is 17.3 Å². The Kier molecular flexibility index (Phi) is 4.58. The van der Waals surface area contributed by atoms with Crippen LogP contribution in [0.15, 0.2) is 18.2 Å². The summed E-state index contributed by atoms with van der Waals surface area (Å²) in [6.07, 6.45) is 0. The maximum absolute atomic E-state index is 11.8. The molecule has 0 aliphatic carbocycles. The minimum Gasteiger partial charge on any atom is -0.496 e. The normalized spacial score (nSPS) is 12.0. The number of hydrogen-bond donors (Lipinski definition) is 2. The van der Waals surface area contributed by atoms with Gasteiger partial charge in [0.25, 0.3) is 5.91 Å². The molecule has 0 aliphatic rings. The van der Waals surface area contributed by atoms with E-state index >= 15 is 0 Å². The predicted molar refractivity (Wildman–Crippen MR) is 62.0 cm³/mol. The molecule has 88 valence electrons. The highest BCUT2D eigenvalue weighted by atomic mass is 35.5. The lowest BCUT2D eigenvalue weighted by Crippen LogP contribution is -2.35. The van der Waals surface area contributed by atoms with Gasteiger partial charge in [-0.3, -0.25) is 4.79 Å². The van der Waals surface area contributed by atoms with Crippen molar-refractivity contribution in [2.24, 2.45) is 0 Å². The quantitative estimate of drug-likeness (QED) is 0.842. The summed E-state index contributed by atoms with van der Waals surface area (Å²) >= 11 is 5.78. The Bertz CT molecular complexity index is 381. The SMILES string of the molecule is COc1cc(Cl)ccc1C(=O)N[C@H](C)CO. The van der Waals surface area contributed by atoms with E-state index in [1.54, 1.807) is 25.1 Å². The summed E-state index contributed by atoms with van der Waals surface area (Å²) in [7, 11) is 1.47. The van der Waals surface area contributed by atoms with E-state index in [0.29, 0.717) is 16.3 Å². The van der Waals surface area contributed by atoms with E-state index in [0.717, 1.165) is 0 Å². The van der Waals surface area contributed by atoms with Crippen LogP contribution in [0, 0.1) is 0 Å². The highest BCUT2D eigenvalue weighted by Gasteiger charge is 2.14. The minimum absolute atomic E-state index is 0.109. The van der Waals surface area contributed by atoms with Gasteiger partial charge in [0.15, 0.2) is 0 Å². The minimum atomic E-state index is -0.298. The van der Waals surface area contributed by atoms with Gasteiger partial charge in [0.2, 0.25) is 0 Å². The topological polar surface area (TPSA) is 58.6 Å². The van der Waals surface area contributed by atoms with Crippen LogP contribution in [0.4, 0.5) is 0 Å². The van der Waals surface area contributed by atoms with E-state index in [9.17, 15) is 4.79 Å². The molecule has 0 unspecified atom stereocenters. The molecular weight excluding hydrogens is 230 g/mol. The fourth-order valence-electron chi connectivity index (χ4n) is 1.20. The van der Waals surface area contributed by atoms with Crippen molar-refractivity contribution < 1.29 is 14.6 Å². The van der Waals surface area contributed by atoms with Crippen LogP contribution in [0.25, 0.3) is 0 Å². The van der Waals surface area contributed by atoms with Gasteiger partial charge in [-0.15, -0.1) is 0 Å². The molecule has 4 nitrogen and oxygen atoms in total. The van der Waals surface area contributed by atoms with Crippen LogP contribution < -0.4 is 10.1 Å². The van der Waals surface area contributed by atoms with E-state index in [-0.39, 0.29) is 18.6 Å². The average molecular weight is 244 g/mol. The average Bonchev–Trinajstić information content (AvgIpc) is 2.28. The second kappa shape index (κ2) is 5.72. The number of amides is 1. The summed E-state index contributed by atoms with van der Waals surface area (Å²) in [5.41, 5.74) is 0.396. The molecule has 0 saturated heterocycles. The Labute approximate surface area is 99.2 Å². The maximum Gasteiger partial charge on any atom is 0.255 e. The Hall–Kier alpha value is -1.26. The number of carbonyl (C=O) groups is 1. The van der Waals surface area contributed by atoms with Crippen LogP contribution in [0.3, 0.4) is 0 Å². The first-order valence-electron chi connectivity index (χ1n) is 4.83. The molecule has 1 aromatic rings. The summed E-state index contributed by atoms with van der Waals surface area (Å²) in [4.78, 5) is 11.8. The smallest absolute Gasteiger partial charge is 0.255 e. The van der Waals surface area contributed by atoms with Crippen molar-refractivity contribution >= 4 is 17.5 Å². The zero-order valence-electron chi connectivity index (χ0n) is 9.16. The first kappa shape index (κ1) is 12.8. The molecule has 1 rings (SSSR count). The number of aliphatic hydroxyl groups excluding tert-OH is 1. The lowest BCUT2D eigenvalue weighted by Gasteiger charge is -2.13. The molecule has 0 aliphatic heterocycles. The van der Waals surface area contributed by atoms with Gasteiger partial charge >= 0.3 is 0 Å². The summed E-state index contributed by atoms with van der Waals surface area (Å²) < 4.78 is 5.05. The van der Waals surface area contributed by atoms with Crippen LogP contribution in [-0.2, 0) is 0 Å². The van der Waals surface area contributed by atoms with Gasteiger partial charge < -0.3 is 15.2 Å². The zero-order valence-corrected chi connectivity index (χ0v) is 9.91. The summed E-state index contributed by atoms with van der Waals surface area (Å²) in [6.45, 7) is 1.60. The Morgan fingerprint density at radius 3 is 2.88 bits per heavy atom. The van der Waals surface area contributed by atoms with Crippen LogP contribution in [-0.4, -0.2) is 30.8 Å². The standard InChI is InChI=1S/C11H14ClNO3/c1-7(6-14)13-11(15)9-4-3-8(12)5-10(9)16-2/h3-5,7,14H,6H2,1-2H3,(H,13,15)/t7-/m1/s1. The van der Waals surface area contributed by atoms with Gasteiger partial charge in [0.05, 0.1) is 19.3 Å². The van der Waals surface area contributed by atoms with Crippen molar-refractivity contribution in [3.8, 4) is 5.75 Å². The summed E-state index contributed by atoms with van der Waals surface area (Å²) in [5, 5.41) is 12.0. The first-order chi connectivity index (χ1) is 7.58. The molecule has 0 heterocycles. The summed E-state index contributed by atoms with van der Waals surface area (Å²) in [5.74, 6) is 0.116. The zero-order chi connectivity index (χ0) is 12.1. The van der Waals surface area contributed by atoms with Gasteiger partial charge in [-0.1, -0.05) is 11.6 Å². The van der Waals surface area contributed by atoms with Crippen LogP contribution in [0.2, 0.25) is 5.02 Å². The summed E-state index contributed by atoms with van der Waals surface area (Å²) in [6, 6.07) is 4.47. The molecule has 16 heavy (non-hydrogen) atoms. The van der Waals surface area contributed by atoms with Crippen molar-refractivity contribution in [1.29, 1.82) is 0 Å². The fraction of sp³-hybridized carbons (Fsp3) is 0.364. The lowest BCUT2D eigenvalue weighted by atomic mass is 10.1. The first-order valence-corrected chi connectivity index (χ1v) is 5.21. The van der Waals surface area contributed by atoms with Crippen molar-refractivity contribution in [3.63, 3.8) is 0 Å². The molecule has 1 aromatic carbocycles. The Morgan fingerprint density at radius 1 is 1.62 bits per heavy atom. The molecular formula is C11H14ClNO3. The number of halogens is 1. The molecule has 0 bridgehead atoms. The number of ether oxygens (including phenoxy) is 1. The van der Waals surface area contributed by atoms with Crippen LogP contribution >= 0.6 is 11.6 Å². The molecule has 1 atom stereocenters. The monoisotopic (exact) mass is 243 g/mol.